The monoisotopic (exact) mass is 275 g/mol. The molecule has 0 aliphatic heterocycles. The average Bonchev–Trinajstić information content (AvgIpc) is 2.70. The molecule has 2 rings (SSSR count). The number of nitrogens with zero attached hydrogens (tertiary/aromatic N) is 2. The van der Waals surface area contributed by atoms with Gasteiger partial charge in [-0.05, 0) is 23.7 Å². The maximum absolute atomic E-state index is 13.2. The molecule has 88 valence electrons. The number of hydrogen-bond donors (Lipinski definition) is 1. The van der Waals surface area contributed by atoms with E-state index >= 15 is 0 Å². The van der Waals surface area contributed by atoms with Crippen molar-refractivity contribution >= 4 is 34.5 Å². The number of halogens is 3. The van der Waals surface area contributed by atoms with Crippen LogP contribution in [-0.2, 0) is 0 Å². The molecular formula is C9H4ClF2N3OS. The van der Waals surface area contributed by atoms with Crippen molar-refractivity contribution < 1.29 is 13.6 Å². The Morgan fingerprint density at radius 3 is 2.47 bits per heavy atom. The predicted molar refractivity (Wildman–Crippen MR) is 59.2 cm³/mol. The fourth-order valence-electron chi connectivity index (χ4n) is 1.08. The Morgan fingerprint density at radius 1 is 1.29 bits per heavy atom. The SMILES string of the molecule is O=C(Nc1c(F)cccc1F)c1nnc(Cl)s1. The largest absolute Gasteiger partial charge is 0.315 e. The van der Waals surface area contributed by atoms with Crippen LogP contribution in [0.1, 0.15) is 9.80 Å². The summed E-state index contributed by atoms with van der Waals surface area (Å²) >= 11 is 6.30. The Morgan fingerprint density at radius 2 is 1.94 bits per heavy atom. The van der Waals surface area contributed by atoms with Crippen molar-refractivity contribution in [1.82, 2.24) is 10.2 Å². The highest BCUT2D eigenvalue weighted by atomic mass is 35.5. The fourth-order valence-corrected chi connectivity index (χ4v) is 1.80. The van der Waals surface area contributed by atoms with Gasteiger partial charge in [0.25, 0.3) is 5.91 Å². The molecule has 1 amide bonds. The minimum Gasteiger partial charge on any atom is -0.315 e. The lowest BCUT2D eigenvalue weighted by Crippen LogP contribution is -2.14. The number of para-hydroxylation sites is 1. The number of anilines is 1. The molecule has 1 aromatic carbocycles. The summed E-state index contributed by atoms with van der Waals surface area (Å²) in [5.41, 5.74) is -0.524. The van der Waals surface area contributed by atoms with Gasteiger partial charge in [-0.2, -0.15) is 0 Å². The zero-order valence-corrected chi connectivity index (χ0v) is 9.65. The van der Waals surface area contributed by atoms with E-state index < -0.39 is 23.2 Å². The van der Waals surface area contributed by atoms with Gasteiger partial charge >= 0.3 is 0 Å². The third kappa shape index (κ3) is 2.56. The van der Waals surface area contributed by atoms with Gasteiger partial charge in [-0.15, -0.1) is 10.2 Å². The summed E-state index contributed by atoms with van der Waals surface area (Å²) in [6.45, 7) is 0. The van der Waals surface area contributed by atoms with Crippen LogP contribution in [0.4, 0.5) is 14.5 Å². The van der Waals surface area contributed by atoms with Crippen LogP contribution in [0.3, 0.4) is 0 Å². The third-order valence-corrected chi connectivity index (χ3v) is 2.81. The van der Waals surface area contributed by atoms with Crippen LogP contribution < -0.4 is 5.32 Å². The Hall–Kier alpha value is -1.60. The molecule has 0 radical (unpaired) electrons. The standard InChI is InChI=1S/C9H4ClF2N3OS/c10-9-15-14-8(17-9)7(16)13-6-4(11)2-1-3-5(6)12/h1-3H,(H,13,16). The van der Waals surface area contributed by atoms with E-state index in [1.54, 1.807) is 0 Å². The average molecular weight is 276 g/mol. The molecule has 0 spiro atoms. The molecule has 0 unspecified atom stereocenters. The van der Waals surface area contributed by atoms with Crippen molar-refractivity contribution in [3.05, 3.63) is 39.3 Å². The second kappa shape index (κ2) is 4.72. The summed E-state index contributed by atoms with van der Waals surface area (Å²) in [5.74, 6) is -2.50. The summed E-state index contributed by atoms with van der Waals surface area (Å²) in [6, 6.07) is 3.26. The molecule has 0 aliphatic carbocycles. The van der Waals surface area contributed by atoms with Gasteiger partial charge in [0.2, 0.25) is 9.47 Å². The number of benzene rings is 1. The summed E-state index contributed by atoms with van der Waals surface area (Å²) in [5, 5.41) is 8.86. The zero-order chi connectivity index (χ0) is 12.4. The van der Waals surface area contributed by atoms with Crippen LogP contribution in [-0.4, -0.2) is 16.1 Å². The lowest BCUT2D eigenvalue weighted by Gasteiger charge is -2.04. The van der Waals surface area contributed by atoms with E-state index in [1.807, 2.05) is 0 Å². The van der Waals surface area contributed by atoms with E-state index in [4.69, 9.17) is 11.6 Å². The second-order valence-corrected chi connectivity index (χ2v) is 4.47. The molecule has 0 saturated heterocycles. The van der Waals surface area contributed by atoms with E-state index in [1.165, 1.54) is 6.07 Å². The van der Waals surface area contributed by atoms with Crippen molar-refractivity contribution in [1.29, 1.82) is 0 Å². The van der Waals surface area contributed by atoms with Crippen LogP contribution in [0.15, 0.2) is 18.2 Å². The zero-order valence-electron chi connectivity index (χ0n) is 8.08. The molecule has 0 bridgehead atoms. The lowest BCUT2D eigenvalue weighted by molar-refractivity contribution is 0.102. The van der Waals surface area contributed by atoms with Gasteiger partial charge in [-0.3, -0.25) is 4.79 Å². The first kappa shape index (κ1) is 11.9. The number of nitrogens with one attached hydrogen (secondary N) is 1. The minimum atomic E-state index is -0.867. The Bertz CT molecular complexity index is 555. The summed E-state index contributed by atoms with van der Waals surface area (Å²) < 4.78 is 26.5. The molecule has 0 atom stereocenters. The normalized spacial score (nSPS) is 10.3. The van der Waals surface area contributed by atoms with Crippen molar-refractivity contribution in [2.75, 3.05) is 5.32 Å². The first-order valence-electron chi connectivity index (χ1n) is 4.32. The highest BCUT2D eigenvalue weighted by Crippen LogP contribution is 2.20. The van der Waals surface area contributed by atoms with E-state index in [0.29, 0.717) is 0 Å². The molecule has 8 heteroatoms. The topological polar surface area (TPSA) is 54.9 Å². The molecule has 4 nitrogen and oxygen atoms in total. The van der Waals surface area contributed by atoms with E-state index in [0.717, 1.165) is 23.5 Å². The Labute approximate surface area is 103 Å². The van der Waals surface area contributed by atoms with Gasteiger partial charge in [-0.1, -0.05) is 17.4 Å². The van der Waals surface area contributed by atoms with E-state index in [2.05, 4.69) is 15.5 Å². The van der Waals surface area contributed by atoms with Gasteiger partial charge in [0, 0.05) is 0 Å². The highest BCUT2D eigenvalue weighted by Gasteiger charge is 2.16. The number of carbonyl (C=O) groups excluding carboxylic acids is 1. The minimum absolute atomic E-state index is 0.0716. The molecule has 1 heterocycles. The summed E-state index contributed by atoms with van der Waals surface area (Å²) in [4.78, 5) is 11.5. The van der Waals surface area contributed by atoms with Gasteiger partial charge < -0.3 is 5.32 Å². The highest BCUT2D eigenvalue weighted by molar-refractivity contribution is 7.17. The van der Waals surface area contributed by atoms with Crippen LogP contribution in [0.2, 0.25) is 4.47 Å². The summed E-state index contributed by atoms with van der Waals surface area (Å²) in [7, 11) is 0. The third-order valence-electron chi connectivity index (χ3n) is 1.80. The summed E-state index contributed by atoms with van der Waals surface area (Å²) in [6.07, 6.45) is 0. The van der Waals surface area contributed by atoms with Crippen molar-refractivity contribution in [2.45, 2.75) is 0 Å². The number of amides is 1. The Balaban J connectivity index is 2.24. The maximum atomic E-state index is 13.2. The van der Waals surface area contributed by atoms with E-state index in [9.17, 15) is 13.6 Å². The van der Waals surface area contributed by atoms with Crippen molar-refractivity contribution in [2.24, 2.45) is 0 Å². The Kier molecular flexibility index (Phi) is 3.30. The molecule has 0 saturated carbocycles. The lowest BCUT2D eigenvalue weighted by atomic mass is 10.3. The number of carbonyl (C=O) groups is 1. The predicted octanol–water partition coefficient (Wildman–Crippen LogP) is 2.72. The first-order chi connectivity index (χ1) is 8.08. The van der Waals surface area contributed by atoms with Gasteiger partial charge in [0.05, 0.1) is 0 Å². The van der Waals surface area contributed by atoms with Gasteiger partial charge in [-0.25, -0.2) is 8.78 Å². The molecule has 2 aromatic rings. The second-order valence-electron chi connectivity index (χ2n) is 2.91. The van der Waals surface area contributed by atoms with Gasteiger partial charge in [0.15, 0.2) is 0 Å². The first-order valence-corrected chi connectivity index (χ1v) is 5.52. The fraction of sp³-hybridized carbons (Fsp3) is 0. The van der Waals surface area contributed by atoms with Crippen LogP contribution >= 0.6 is 22.9 Å². The number of hydrogen-bond acceptors (Lipinski definition) is 4. The smallest absolute Gasteiger partial charge is 0.286 e. The molecule has 17 heavy (non-hydrogen) atoms. The van der Waals surface area contributed by atoms with E-state index in [-0.39, 0.29) is 9.47 Å². The van der Waals surface area contributed by atoms with Gasteiger partial charge in [0.1, 0.15) is 17.3 Å². The number of aromatic nitrogens is 2. The molecular weight excluding hydrogens is 272 g/mol. The quantitative estimate of drug-likeness (QED) is 0.917. The van der Waals surface area contributed by atoms with Crippen LogP contribution in [0.25, 0.3) is 0 Å². The van der Waals surface area contributed by atoms with Crippen molar-refractivity contribution in [3.8, 4) is 0 Å². The number of rotatable bonds is 2. The van der Waals surface area contributed by atoms with Crippen molar-refractivity contribution in [3.63, 3.8) is 0 Å². The molecule has 0 fully saturated rings. The maximum Gasteiger partial charge on any atom is 0.286 e. The molecule has 1 aromatic heterocycles. The molecule has 0 aliphatic rings. The van der Waals surface area contributed by atoms with Crippen LogP contribution in [0, 0.1) is 11.6 Å². The molecule has 1 N–H and O–H groups in total. The van der Waals surface area contributed by atoms with Crippen LogP contribution in [0.5, 0.6) is 0 Å².